The van der Waals surface area contributed by atoms with E-state index >= 15 is 0 Å². The van der Waals surface area contributed by atoms with Gasteiger partial charge in [0.25, 0.3) is 0 Å². The van der Waals surface area contributed by atoms with Gasteiger partial charge in [-0.05, 0) is 73.9 Å². The van der Waals surface area contributed by atoms with Crippen LogP contribution in [0.25, 0.3) is 0 Å². The van der Waals surface area contributed by atoms with E-state index in [1.807, 2.05) is 48.5 Å². The SMILES string of the molecule is CCC(c1cccc(OC(=O)NCC2(CC(=O)OCc3ccccc3)CCCCC2)c1)C(C)CN(C)C. The van der Waals surface area contributed by atoms with Crippen molar-refractivity contribution in [1.29, 1.82) is 0 Å². The van der Waals surface area contributed by atoms with E-state index in [2.05, 4.69) is 44.2 Å². The minimum Gasteiger partial charge on any atom is -0.461 e. The van der Waals surface area contributed by atoms with Crippen LogP contribution in [0.15, 0.2) is 54.6 Å². The third-order valence-corrected chi connectivity index (χ3v) is 7.56. The highest BCUT2D eigenvalue weighted by Gasteiger charge is 2.35. The number of nitrogens with one attached hydrogen (secondary N) is 1. The Hall–Kier alpha value is -2.86. The van der Waals surface area contributed by atoms with Gasteiger partial charge in [0.2, 0.25) is 0 Å². The summed E-state index contributed by atoms with van der Waals surface area (Å²) in [7, 11) is 4.18. The molecule has 0 bridgehead atoms. The molecule has 0 heterocycles. The first kappa shape index (κ1) is 28.7. The molecule has 0 saturated heterocycles. The van der Waals surface area contributed by atoms with Gasteiger partial charge in [0.15, 0.2) is 0 Å². The molecule has 6 nitrogen and oxygen atoms in total. The Kier molecular flexibility index (Phi) is 11.0. The first-order chi connectivity index (χ1) is 17.8. The fourth-order valence-electron chi connectivity index (χ4n) is 5.69. The van der Waals surface area contributed by atoms with Gasteiger partial charge >= 0.3 is 12.1 Å². The first-order valence-electron chi connectivity index (χ1n) is 13.7. The number of benzene rings is 2. The Labute approximate surface area is 222 Å². The average molecular weight is 509 g/mol. The van der Waals surface area contributed by atoms with Crippen LogP contribution >= 0.6 is 0 Å². The molecule has 0 aromatic heterocycles. The molecule has 1 aliphatic carbocycles. The van der Waals surface area contributed by atoms with Crippen molar-refractivity contribution in [1.82, 2.24) is 10.2 Å². The molecule has 1 N–H and O–H groups in total. The summed E-state index contributed by atoms with van der Waals surface area (Å²) in [5.74, 6) is 1.20. The quantitative estimate of drug-likeness (QED) is 0.329. The van der Waals surface area contributed by atoms with E-state index in [0.29, 0.717) is 30.6 Å². The Balaban J connectivity index is 1.57. The van der Waals surface area contributed by atoms with Gasteiger partial charge in [-0.3, -0.25) is 4.79 Å². The van der Waals surface area contributed by atoms with Gasteiger partial charge in [-0.1, -0.05) is 75.6 Å². The maximum atomic E-state index is 12.8. The van der Waals surface area contributed by atoms with Crippen molar-refractivity contribution in [3.63, 3.8) is 0 Å². The molecule has 1 saturated carbocycles. The Morgan fingerprint density at radius 2 is 1.76 bits per heavy atom. The van der Waals surface area contributed by atoms with E-state index in [1.165, 1.54) is 5.56 Å². The molecule has 37 heavy (non-hydrogen) atoms. The van der Waals surface area contributed by atoms with Gasteiger partial charge in [-0.2, -0.15) is 0 Å². The summed E-state index contributed by atoms with van der Waals surface area (Å²) in [4.78, 5) is 27.7. The molecule has 2 aromatic carbocycles. The van der Waals surface area contributed by atoms with Crippen LogP contribution in [0, 0.1) is 11.3 Å². The zero-order valence-electron chi connectivity index (χ0n) is 23.0. The standard InChI is InChI=1S/C31H44N2O4/c1-5-28(24(2)21-33(3)4)26-15-12-16-27(19-26)37-30(35)32-23-31(17-10-7-11-18-31)20-29(34)36-22-25-13-8-6-9-14-25/h6,8-9,12-16,19,24,28H,5,7,10-11,17-18,20-23H2,1-4H3,(H,32,35). The maximum absolute atomic E-state index is 12.8. The number of hydrogen-bond acceptors (Lipinski definition) is 5. The molecule has 0 aliphatic heterocycles. The summed E-state index contributed by atoms with van der Waals surface area (Å²) < 4.78 is 11.2. The zero-order valence-corrected chi connectivity index (χ0v) is 23.0. The summed E-state index contributed by atoms with van der Waals surface area (Å²) in [5.41, 5.74) is 1.87. The number of hydrogen-bond donors (Lipinski definition) is 1. The molecule has 0 spiro atoms. The van der Waals surface area contributed by atoms with Crippen LogP contribution in [0.5, 0.6) is 5.75 Å². The van der Waals surface area contributed by atoms with Crippen molar-refractivity contribution in [3.8, 4) is 5.75 Å². The van der Waals surface area contributed by atoms with Gasteiger partial charge in [0.05, 0.1) is 6.42 Å². The van der Waals surface area contributed by atoms with Crippen LogP contribution in [-0.2, 0) is 16.1 Å². The lowest BCUT2D eigenvalue weighted by atomic mass is 9.71. The predicted octanol–water partition coefficient (Wildman–Crippen LogP) is 6.55. The monoisotopic (exact) mass is 508 g/mol. The zero-order chi connectivity index (χ0) is 26.7. The topological polar surface area (TPSA) is 67.9 Å². The number of carbonyl (C=O) groups is 2. The van der Waals surface area contributed by atoms with Crippen LogP contribution in [0.1, 0.15) is 75.8 Å². The number of amides is 1. The predicted molar refractivity (Wildman–Crippen MR) is 148 cm³/mol. The smallest absolute Gasteiger partial charge is 0.412 e. The third kappa shape index (κ3) is 9.19. The van der Waals surface area contributed by atoms with Crippen molar-refractivity contribution < 1.29 is 19.1 Å². The highest BCUT2D eigenvalue weighted by Crippen LogP contribution is 2.39. The highest BCUT2D eigenvalue weighted by atomic mass is 16.6. The van der Waals surface area contributed by atoms with Crippen molar-refractivity contribution in [2.75, 3.05) is 27.2 Å². The molecule has 1 fully saturated rings. The summed E-state index contributed by atoms with van der Waals surface area (Å²) in [6.45, 7) is 6.14. The Morgan fingerprint density at radius 1 is 1.03 bits per heavy atom. The molecular weight excluding hydrogens is 464 g/mol. The molecule has 6 heteroatoms. The summed E-state index contributed by atoms with van der Waals surface area (Å²) in [6, 6.07) is 17.6. The van der Waals surface area contributed by atoms with Crippen LogP contribution in [-0.4, -0.2) is 44.1 Å². The molecule has 1 amide bonds. The number of esters is 1. The molecule has 1 aliphatic rings. The number of rotatable bonds is 12. The average Bonchev–Trinajstić information content (AvgIpc) is 2.88. The maximum Gasteiger partial charge on any atom is 0.412 e. The van der Waals surface area contributed by atoms with Crippen LogP contribution in [0.2, 0.25) is 0 Å². The van der Waals surface area contributed by atoms with Crippen molar-refractivity contribution in [2.24, 2.45) is 11.3 Å². The Morgan fingerprint density at radius 3 is 2.43 bits per heavy atom. The molecule has 202 valence electrons. The summed E-state index contributed by atoms with van der Waals surface area (Å²) >= 11 is 0. The second-order valence-corrected chi connectivity index (χ2v) is 11.0. The van der Waals surface area contributed by atoms with Gasteiger partial charge in [-0.25, -0.2) is 4.79 Å². The van der Waals surface area contributed by atoms with Crippen LogP contribution < -0.4 is 10.1 Å². The van der Waals surface area contributed by atoms with E-state index in [0.717, 1.165) is 50.6 Å². The lowest BCUT2D eigenvalue weighted by Gasteiger charge is -2.36. The van der Waals surface area contributed by atoms with Gasteiger partial charge in [-0.15, -0.1) is 0 Å². The lowest BCUT2D eigenvalue weighted by molar-refractivity contribution is -0.148. The van der Waals surface area contributed by atoms with E-state index in [4.69, 9.17) is 9.47 Å². The molecule has 3 rings (SSSR count). The van der Waals surface area contributed by atoms with Crippen molar-refractivity contribution in [3.05, 3.63) is 65.7 Å². The van der Waals surface area contributed by atoms with E-state index in [1.54, 1.807) is 0 Å². The first-order valence-corrected chi connectivity index (χ1v) is 13.7. The van der Waals surface area contributed by atoms with Crippen molar-refractivity contribution in [2.45, 2.75) is 71.3 Å². The fourth-order valence-corrected chi connectivity index (χ4v) is 5.69. The largest absolute Gasteiger partial charge is 0.461 e. The molecule has 2 aromatic rings. The minimum absolute atomic E-state index is 0.217. The third-order valence-electron chi connectivity index (χ3n) is 7.56. The van der Waals surface area contributed by atoms with Crippen molar-refractivity contribution >= 4 is 12.1 Å². The van der Waals surface area contributed by atoms with E-state index < -0.39 is 6.09 Å². The van der Waals surface area contributed by atoms with Crippen LogP contribution in [0.4, 0.5) is 4.79 Å². The molecule has 0 radical (unpaired) electrons. The molecule has 2 atom stereocenters. The lowest BCUT2D eigenvalue weighted by Crippen LogP contribution is -2.41. The van der Waals surface area contributed by atoms with Gasteiger partial charge < -0.3 is 19.7 Å². The van der Waals surface area contributed by atoms with Gasteiger partial charge in [0, 0.05) is 13.1 Å². The second-order valence-electron chi connectivity index (χ2n) is 11.0. The number of carbonyl (C=O) groups excluding carboxylic acids is 2. The van der Waals surface area contributed by atoms with E-state index in [-0.39, 0.29) is 18.0 Å². The summed E-state index contributed by atoms with van der Waals surface area (Å²) in [6.07, 6.45) is 5.89. The summed E-state index contributed by atoms with van der Waals surface area (Å²) in [5, 5.41) is 2.96. The normalized spacial score (nSPS) is 16.6. The fraction of sp³-hybridized carbons (Fsp3) is 0.548. The molecular formula is C31H44N2O4. The Bertz CT molecular complexity index is 986. The van der Waals surface area contributed by atoms with Crippen LogP contribution in [0.3, 0.4) is 0 Å². The number of nitrogens with zero attached hydrogens (tertiary/aromatic N) is 1. The highest BCUT2D eigenvalue weighted by molar-refractivity contribution is 5.72. The van der Waals surface area contributed by atoms with Gasteiger partial charge in [0.1, 0.15) is 12.4 Å². The number of ether oxygens (including phenoxy) is 2. The minimum atomic E-state index is -0.478. The molecule has 2 unspecified atom stereocenters. The second kappa shape index (κ2) is 14.2. The van der Waals surface area contributed by atoms with E-state index in [9.17, 15) is 9.59 Å².